The van der Waals surface area contributed by atoms with Crippen molar-refractivity contribution < 1.29 is 14.6 Å². The van der Waals surface area contributed by atoms with Crippen LogP contribution >= 0.6 is 11.8 Å². The molecule has 0 unspecified atom stereocenters. The number of rotatable bonds is 5. The van der Waals surface area contributed by atoms with E-state index in [9.17, 15) is 15.2 Å². The zero-order valence-corrected chi connectivity index (χ0v) is 17.9. The normalized spacial score (nSPS) is 13.8. The second-order valence-corrected chi connectivity index (χ2v) is 8.15. The maximum absolute atomic E-state index is 12.7. The van der Waals surface area contributed by atoms with Crippen LogP contribution < -0.4 is 9.64 Å². The molecule has 158 valence electrons. The molecule has 4 rings (SSSR count). The molecule has 31 heavy (non-hydrogen) atoms. The Labute approximate surface area is 184 Å². The number of phenols is 1. The molecule has 1 aliphatic heterocycles. The molecule has 1 aliphatic rings. The Balaban J connectivity index is 1.38. The first-order chi connectivity index (χ1) is 15.1. The number of piperazine rings is 1. The summed E-state index contributed by atoms with van der Waals surface area (Å²) in [5.41, 5.74) is 2.25. The van der Waals surface area contributed by atoms with E-state index in [0.29, 0.717) is 29.4 Å². The van der Waals surface area contributed by atoms with Gasteiger partial charge in [0.1, 0.15) is 22.6 Å². The number of nitrogens with zero attached hydrogens (tertiary/aromatic N) is 4. The number of thioether (sulfide) groups is 1. The fourth-order valence-corrected chi connectivity index (χ4v) is 4.42. The van der Waals surface area contributed by atoms with Crippen molar-refractivity contribution in [1.82, 2.24) is 9.88 Å². The second kappa shape index (κ2) is 9.14. The molecule has 7 nitrogen and oxygen atoms in total. The average molecular weight is 435 g/mol. The van der Waals surface area contributed by atoms with E-state index < -0.39 is 0 Å². The number of aromatic nitrogens is 1. The monoisotopic (exact) mass is 434 g/mol. The molecule has 0 atom stereocenters. The third-order valence-electron chi connectivity index (χ3n) is 5.29. The minimum absolute atomic E-state index is 0.0378. The number of fused-ring (bicyclic) bond motifs is 1. The Hall–Kier alpha value is -3.44. The number of nitriles is 1. The summed E-state index contributed by atoms with van der Waals surface area (Å²) in [6, 6.07) is 16.6. The lowest BCUT2D eigenvalue weighted by Gasteiger charge is -2.36. The van der Waals surface area contributed by atoms with Crippen molar-refractivity contribution >= 4 is 34.3 Å². The van der Waals surface area contributed by atoms with Crippen molar-refractivity contribution in [1.29, 1.82) is 5.26 Å². The van der Waals surface area contributed by atoms with Gasteiger partial charge in [0.2, 0.25) is 5.91 Å². The smallest absolute Gasteiger partial charge is 0.233 e. The van der Waals surface area contributed by atoms with Gasteiger partial charge in [0.05, 0.1) is 23.9 Å². The first-order valence-corrected chi connectivity index (χ1v) is 10.9. The van der Waals surface area contributed by atoms with Crippen molar-refractivity contribution in [3.05, 3.63) is 54.1 Å². The van der Waals surface area contributed by atoms with Crippen LogP contribution in [0.3, 0.4) is 0 Å². The van der Waals surface area contributed by atoms with Crippen molar-refractivity contribution in [3.63, 3.8) is 0 Å². The summed E-state index contributed by atoms with van der Waals surface area (Å²) in [5.74, 6) is 1.23. The molecular formula is C23H22N4O3S. The van der Waals surface area contributed by atoms with Crippen LogP contribution in [0.15, 0.2) is 53.6 Å². The number of anilines is 1. The SMILES string of the molecule is COc1ccc2nc(SCC(=O)N3CCN(c4ccc(O)cc4)CC3)c(C#N)cc2c1. The first kappa shape index (κ1) is 20.8. The van der Waals surface area contributed by atoms with E-state index in [-0.39, 0.29) is 17.4 Å². The summed E-state index contributed by atoms with van der Waals surface area (Å²) in [5, 5.41) is 20.4. The highest BCUT2D eigenvalue weighted by Crippen LogP contribution is 2.27. The largest absolute Gasteiger partial charge is 0.508 e. The molecule has 0 bridgehead atoms. The molecule has 1 aromatic heterocycles. The molecule has 1 N–H and O–H groups in total. The molecule has 0 radical (unpaired) electrons. The number of phenolic OH excluding ortho intramolecular Hbond substituents is 1. The third kappa shape index (κ3) is 4.67. The number of carbonyl (C=O) groups excluding carboxylic acids is 1. The Bertz CT molecular complexity index is 1140. The molecule has 2 heterocycles. The summed E-state index contributed by atoms with van der Waals surface area (Å²) in [4.78, 5) is 21.4. The van der Waals surface area contributed by atoms with Gasteiger partial charge in [0.15, 0.2) is 0 Å². The van der Waals surface area contributed by atoms with Gasteiger partial charge in [0.25, 0.3) is 0 Å². The van der Waals surface area contributed by atoms with E-state index in [2.05, 4.69) is 16.0 Å². The number of ether oxygens (including phenoxy) is 1. The van der Waals surface area contributed by atoms with Gasteiger partial charge in [-0.3, -0.25) is 4.79 Å². The Morgan fingerprint density at radius 3 is 2.58 bits per heavy atom. The molecule has 1 fully saturated rings. The van der Waals surface area contributed by atoms with E-state index >= 15 is 0 Å². The van der Waals surface area contributed by atoms with Crippen LogP contribution in [0.25, 0.3) is 10.9 Å². The van der Waals surface area contributed by atoms with Crippen molar-refractivity contribution in [2.45, 2.75) is 5.03 Å². The lowest BCUT2D eigenvalue weighted by Crippen LogP contribution is -2.49. The number of hydrogen-bond donors (Lipinski definition) is 1. The fraction of sp³-hybridized carbons (Fsp3) is 0.261. The van der Waals surface area contributed by atoms with Gasteiger partial charge in [-0.2, -0.15) is 5.26 Å². The second-order valence-electron chi connectivity index (χ2n) is 7.18. The molecule has 1 saturated heterocycles. The maximum atomic E-state index is 12.7. The Morgan fingerprint density at radius 2 is 1.90 bits per heavy atom. The van der Waals surface area contributed by atoms with Crippen LogP contribution in [-0.4, -0.2) is 59.9 Å². The molecule has 1 amide bonds. The van der Waals surface area contributed by atoms with Gasteiger partial charge >= 0.3 is 0 Å². The molecule has 0 spiro atoms. The van der Waals surface area contributed by atoms with E-state index in [1.807, 2.05) is 35.2 Å². The van der Waals surface area contributed by atoms with Crippen molar-refractivity contribution in [3.8, 4) is 17.6 Å². The van der Waals surface area contributed by atoms with Gasteiger partial charge < -0.3 is 19.6 Å². The number of hydrogen-bond acceptors (Lipinski definition) is 7. The first-order valence-electron chi connectivity index (χ1n) is 9.91. The van der Waals surface area contributed by atoms with Gasteiger partial charge in [0, 0.05) is 37.3 Å². The highest BCUT2D eigenvalue weighted by Gasteiger charge is 2.22. The number of aromatic hydroxyl groups is 1. The third-order valence-corrected chi connectivity index (χ3v) is 6.26. The minimum atomic E-state index is 0.0378. The highest BCUT2D eigenvalue weighted by molar-refractivity contribution is 8.00. The summed E-state index contributed by atoms with van der Waals surface area (Å²) in [6.07, 6.45) is 0. The zero-order valence-electron chi connectivity index (χ0n) is 17.1. The standard InChI is InChI=1S/C23H22N4O3S/c1-30-20-6-7-21-16(13-20)12-17(14-24)23(25-21)31-15-22(29)27-10-8-26(9-11-27)18-2-4-19(28)5-3-18/h2-7,12-13,28H,8-11,15H2,1H3. The summed E-state index contributed by atoms with van der Waals surface area (Å²) < 4.78 is 5.23. The molecule has 3 aromatic rings. The number of benzene rings is 2. The number of methoxy groups -OCH3 is 1. The lowest BCUT2D eigenvalue weighted by atomic mass is 10.1. The molecule has 0 aliphatic carbocycles. The number of pyridine rings is 1. The predicted octanol–water partition coefficient (Wildman–Crippen LogP) is 3.26. The van der Waals surface area contributed by atoms with Gasteiger partial charge in [-0.05, 0) is 48.5 Å². The number of amides is 1. The van der Waals surface area contributed by atoms with Crippen LogP contribution in [0.1, 0.15) is 5.56 Å². The van der Waals surface area contributed by atoms with Crippen molar-refractivity contribution in [2.75, 3.05) is 43.9 Å². The maximum Gasteiger partial charge on any atom is 0.233 e. The summed E-state index contributed by atoms with van der Waals surface area (Å²) in [6.45, 7) is 2.74. The van der Waals surface area contributed by atoms with Crippen LogP contribution in [0.5, 0.6) is 11.5 Å². The van der Waals surface area contributed by atoms with Gasteiger partial charge in [-0.1, -0.05) is 11.8 Å². The topological polar surface area (TPSA) is 89.7 Å². The number of carbonyl (C=O) groups is 1. The van der Waals surface area contributed by atoms with E-state index in [1.165, 1.54) is 11.8 Å². The van der Waals surface area contributed by atoms with Crippen LogP contribution in [0.4, 0.5) is 5.69 Å². The van der Waals surface area contributed by atoms with E-state index in [4.69, 9.17) is 4.74 Å². The van der Waals surface area contributed by atoms with Gasteiger partial charge in [-0.15, -0.1) is 0 Å². The Morgan fingerprint density at radius 1 is 1.16 bits per heavy atom. The molecular weight excluding hydrogens is 412 g/mol. The van der Waals surface area contributed by atoms with Crippen molar-refractivity contribution in [2.24, 2.45) is 0 Å². The average Bonchev–Trinajstić information content (AvgIpc) is 2.82. The van der Waals surface area contributed by atoms with Crippen LogP contribution in [0, 0.1) is 11.3 Å². The molecule has 8 heteroatoms. The van der Waals surface area contributed by atoms with Crippen LogP contribution in [0.2, 0.25) is 0 Å². The summed E-state index contributed by atoms with van der Waals surface area (Å²) in [7, 11) is 1.60. The molecule has 0 saturated carbocycles. The fourth-order valence-electron chi connectivity index (χ4n) is 3.55. The van der Waals surface area contributed by atoms with E-state index in [1.54, 1.807) is 25.3 Å². The lowest BCUT2D eigenvalue weighted by molar-refractivity contribution is -0.128. The summed E-state index contributed by atoms with van der Waals surface area (Å²) >= 11 is 1.30. The Kier molecular flexibility index (Phi) is 6.14. The predicted molar refractivity (Wildman–Crippen MR) is 121 cm³/mol. The van der Waals surface area contributed by atoms with Crippen LogP contribution in [-0.2, 0) is 4.79 Å². The quantitative estimate of drug-likeness (QED) is 0.617. The van der Waals surface area contributed by atoms with E-state index in [0.717, 1.165) is 29.7 Å². The molecule has 2 aromatic carbocycles. The minimum Gasteiger partial charge on any atom is -0.508 e. The zero-order chi connectivity index (χ0) is 21.8. The van der Waals surface area contributed by atoms with Gasteiger partial charge in [-0.25, -0.2) is 4.98 Å². The highest BCUT2D eigenvalue weighted by atomic mass is 32.2.